The Hall–Kier alpha value is -1.02. The molecule has 0 aliphatic heterocycles. The molecule has 0 spiro atoms. The van der Waals surface area contributed by atoms with Crippen molar-refractivity contribution in [1.29, 1.82) is 0 Å². The normalized spacial score (nSPS) is 12.2. The lowest BCUT2D eigenvalue weighted by molar-refractivity contribution is -0.120. The number of hydrogen-bond acceptors (Lipinski definition) is 1. The first-order valence-electron chi connectivity index (χ1n) is 6.00. The standard InChI is InChI=1S/C14H20ClNO/c1-11(7-8-15)10-16-14(17)9-13-6-4-3-5-12(13)2/h3-6,11H,7-10H2,1-2H3,(H,16,17). The molecule has 0 heterocycles. The maximum atomic E-state index is 11.7. The summed E-state index contributed by atoms with van der Waals surface area (Å²) in [5.74, 6) is 1.17. The molecule has 0 aliphatic rings. The molecule has 1 rings (SSSR count). The fraction of sp³-hybridized carbons (Fsp3) is 0.500. The number of amides is 1. The summed E-state index contributed by atoms with van der Waals surface area (Å²) in [6.07, 6.45) is 1.40. The first-order valence-corrected chi connectivity index (χ1v) is 6.54. The van der Waals surface area contributed by atoms with Gasteiger partial charge in [-0.1, -0.05) is 31.2 Å². The maximum absolute atomic E-state index is 11.7. The van der Waals surface area contributed by atoms with Crippen LogP contribution in [0.25, 0.3) is 0 Å². The van der Waals surface area contributed by atoms with E-state index in [0.717, 1.165) is 17.5 Å². The fourth-order valence-electron chi connectivity index (χ4n) is 1.62. The zero-order chi connectivity index (χ0) is 12.7. The SMILES string of the molecule is Cc1ccccc1CC(=O)NCC(C)CCCl. The van der Waals surface area contributed by atoms with Crippen LogP contribution in [0.5, 0.6) is 0 Å². The van der Waals surface area contributed by atoms with E-state index < -0.39 is 0 Å². The van der Waals surface area contributed by atoms with Gasteiger partial charge in [0, 0.05) is 12.4 Å². The van der Waals surface area contributed by atoms with Gasteiger partial charge in [0.15, 0.2) is 0 Å². The molecule has 1 amide bonds. The molecule has 17 heavy (non-hydrogen) atoms. The number of nitrogens with one attached hydrogen (secondary N) is 1. The van der Waals surface area contributed by atoms with Gasteiger partial charge in [0.1, 0.15) is 0 Å². The lowest BCUT2D eigenvalue weighted by Gasteiger charge is -2.11. The molecular weight excluding hydrogens is 234 g/mol. The predicted molar refractivity (Wildman–Crippen MR) is 72.4 cm³/mol. The monoisotopic (exact) mass is 253 g/mol. The zero-order valence-corrected chi connectivity index (χ0v) is 11.3. The van der Waals surface area contributed by atoms with Crippen molar-refractivity contribution in [2.75, 3.05) is 12.4 Å². The van der Waals surface area contributed by atoms with Gasteiger partial charge in [0.25, 0.3) is 0 Å². The van der Waals surface area contributed by atoms with Crippen molar-refractivity contribution in [3.8, 4) is 0 Å². The summed E-state index contributed by atoms with van der Waals surface area (Å²) in [5.41, 5.74) is 2.26. The van der Waals surface area contributed by atoms with E-state index in [1.807, 2.05) is 31.2 Å². The minimum atomic E-state index is 0.0840. The molecule has 3 heteroatoms. The minimum absolute atomic E-state index is 0.0840. The van der Waals surface area contributed by atoms with Gasteiger partial charge in [-0.25, -0.2) is 0 Å². The van der Waals surface area contributed by atoms with Crippen molar-refractivity contribution in [1.82, 2.24) is 5.32 Å². The van der Waals surface area contributed by atoms with Crippen molar-refractivity contribution in [3.63, 3.8) is 0 Å². The Morgan fingerprint density at radius 1 is 1.41 bits per heavy atom. The predicted octanol–water partition coefficient (Wildman–Crippen LogP) is 2.92. The molecule has 0 saturated carbocycles. The molecule has 1 aromatic rings. The van der Waals surface area contributed by atoms with E-state index in [4.69, 9.17) is 11.6 Å². The first-order chi connectivity index (χ1) is 8.13. The molecule has 2 nitrogen and oxygen atoms in total. The van der Waals surface area contributed by atoms with Crippen molar-refractivity contribution in [3.05, 3.63) is 35.4 Å². The van der Waals surface area contributed by atoms with Crippen LogP contribution in [-0.2, 0) is 11.2 Å². The maximum Gasteiger partial charge on any atom is 0.224 e. The van der Waals surface area contributed by atoms with E-state index >= 15 is 0 Å². The zero-order valence-electron chi connectivity index (χ0n) is 10.5. The lowest BCUT2D eigenvalue weighted by atomic mass is 10.1. The second-order valence-corrected chi connectivity index (χ2v) is 4.87. The van der Waals surface area contributed by atoms with Gasteiger partial charge >= 0.3 is 0 Å². The van der Waals surface area contributed by atoms with Crippen LogP contribution in [0.1, 0.15) is 24.5 Å². The van der Waals surface area contributed by atoms with E-state index in [1.54, 1.807) is 0 Å². The van der Waals surface area contributed by atoms with Crippen LogP contribution >= 0.6 is 11.6 Å². The Bertz CT molecular complexity index is 365. The highest BCUT2D eigenvalue weighted by Gasteiger charge is 2.07. The number of aryl methyl sites for hydroxylation is 1. The van der Waals surface area contributed by atoms with E-state index in [9.17, 15) is 4.79 Å². The average Bonchev–Trinajstić information content (AvgIpc) is 2.30. The number of rotatable bonds is 6. The molecular formula is C14H20ClNO. The molecule has 94 valence electrons. The largest absolute Gasteiger partial charge is 0.356 e. The smallest absolute Gasteiger partial charge is 0.224 e. The van der Waals surface area contributed by atoms with Gasteiger partial charge in [-0.2, -0.15) is 0 Å². The quantitative estimate of drug-likeness (QED) is 0.776. The van der Waals surface area contributed by atoms with Gasteiger partial charge < -0.3 is 5.32 Å². The highest BCUT2D eigenvalue weighted by molar-refractivity contribution is 6.17. The van der Waals surface area contributed by atoms with E-state index in [0.29, 0.717) is 24.8 Å². The minimum Gasteiger partial charge on any atom is -0.356 e. The number of carbonyl (C=O) groups is 1. The van der Waals surface area contributed by atoms with Crippen LogP contribution < -0.4 is 5.32 Å². The molecule has 0 saturated heterocycles. The third kappa shape index (κ3) is 5.22. The van der Waals surface area contributed by atoms with Gasteiger partial charge in [-0.3, -0.25) is 4.79 Å². The van der Waals surface area contributed by atoms with E-state index in [-0.39, 0.29) is 5.91 Å². The lowest BCUT2D eigenvalue weighted by Crippen LogP contribution is -2.29. The van der Waals surface area contributed by atoms with Crippen LogP contribution in [-0.4, -0.2) is 18.3 Å². The topological polar surface area (TPSA) is 29.1 Å². The summed E-state index contributed by atoms with van der Waals surface area (Å²) in [6, 6.07) is 7.97. The Labute approximate surface area is 108 Å². The van der Waals surface area contributed by atoms with E-state index in [1.165, 1.54) is 0 Å². The van der Waals surface area contributed by atoms with Gasteiger partial charge in [0.2, 0.25) is 5.91 Å². The summed E-state index contributed by atoms with van der Waals surface area (Å²) in [5, 5.41) is 2.95. The summed E-state index contributed by atoms with van der Waals surface area (Å²) in [7, 11) is 0. The number of hydrogen-bond donors (Lipinski definition) is 1. The average molecular weight is 254 g/mol. The molecule has 0 fully saturated rings. The molecule has 0 aliphatic carbocycles. The number of alkyl halides is 1. The van der Waals surface area contributed by atoms with Crippen molar-refractivity contribution >= 4 is 17.5 Å². The van der Waals surface area contributed by atoms with Crippen LogP contribution in [0.4, 0.5) is 0 Å². The van der Waals surface area contributed by atoms with Crippen LogP contribution in [0.15, 0.2) is 24.3 Å². The fourth-order valence-corrected chi connectivity index (χ4v) is 1.99. The van der Waals surface area contributed by atoms with Crippen LogP contribution in [0, 0.1) is 12.8 Å². The van der Waals surface area contributed by atoms with Crippen molar-refractivity contribution in [2.45, 2.75) is 26.7 Å². The molecule has 0 aromatic heterocycles. The summed E-state index contributed by atoms with van der Waals surface area (Å²) >= 11 is 5.65. The summed E-state index contributed by atoms with van der Waals surface area (Å²) in [6.45, 7) is 4.83. The molecule has 1 N–H and O–H groups in total. The van der Waals surface area contributed by atoms with Crippen molar-refractivity contribution < 1.29 is 4.79 Å². The first kappa shape index (κ1) is 14.0. The third-order valence-corrected chi connectivity index (χ3v) is 3.08. The number of halogens is 1. The van der Waals surface area contributed by atoms with Gasteiger partial charge in [-0.15, -0.1) is 11.6 Å². The summed E-state index contributed by atoms with van der Waals surface area (Å²) in [4.78, 5) is 11.7. The molecule has 0 radical (unpaired) electrons. The number of benzene rings is 1. The molecule has 1 aromatic carbocycles. The Morgan fingerprint density at radius 2 is 2.12 bits per heavy atom. The molecule has 0 bridgehead atoms. The second kappa shape index (κ2) is 7.33. The van der Waals surface area contributed by atoms with Crippen LogP contribution in [0.2, 0.25) is 0 Å². The Kier molecular flexibility index (Phi) is 6.06. The molecule has 1 unspecified atom stereocenters. The highest BCUT2D eigenvalue weighted by Crippen LogP contribution is 2.07. The molecule has 1 atom stereocenters. The van der Waals surface area contributed by atoms with Crippen LogP contribution in [0.3, 0.4) is 0 Å². The second-order valence-electron chi connectivity index (χ2n) is 4.49. The van der Waals surface area contributed by atoms with E-state index in [2.05, 4.69) is 12.2 Å². The highest BCUT2D eigenvalue weighted by atomic mass is 35.5. The van der Waals surface area contributed by atoms with Crippen molar-refractivity contribution in [2.24, 2.45) is 5.92 Å². The van der Waals surface area contributed by atoms with Gasteiger partial charge in [-0.05, 0) is 30.4 Å². The summed E-state index contributed by atoms with van der Waals surface area (Å²) < 4.78 is 0. The third-order valence-electron chi connectivity index (χ3n) is 2.86. The number of carbonyl (C=O) groups excluding carboxylic acids is 1. The van der Waals surface area contributed by atoms with Gasteiger partial charge in [0.05, 0.1) is 6.42 Å². The Morgan fingerprint density at radius 3 is 2.76 bits per heavy atom. The Balaban J connectivity index is 2.37.